The molecule has 0 aliphatic carbocycles. The lowest BCUT2D eigenvalue weighted by atomic mass is 10.1. The van der Waals surface area contributed by atoms with Gasteiger partial charge < -0.3 is 19.3 Å². The number of ether oxygens (including phenoxy) is 2. The number of fused-ring (bicyclic) bond motifs is 1. The van der Waals surface area contributed by atoms with Crippen LogP contribution in [0, 0.1) is 5.82 Å². The summed E-state index contributed by atoms with van der Waals surface area (Å²) in [6.07, 6.45) is 0. The summed E-state index contributed by atoms with van der Waals surface area (Å²) in [5.41, 5.74) is 1.06. The summed E-state index contributed by atoms with van der Waals surface area (Å²) in [6.45, 7) is 2.67. The molecule has 4 rings (SSSR count). The Bertz CT molecular complexity index is 971. The number of carbonyl (C=O) groups is 1. The van der Waals surface area contributed by atoms with Gasteiger partial charge >= 0.3 is 0 Å². The maximum atomic E-state index is 13.0. The summed E-state index contributed by atoms with van der Waals surface area (Å²) in [5, 5.41) is 6.68. The molecule has 2 heterocycles. The second-order valence-corrected chi connectivity index (χ2v) is 6.02. The first kappa shape index (κ1) is 17.0. The molecule has 0 unspecified atom stereocenters. The SMILES string of the molecule is C[C@@H](NC(=O)c1ccc2c(c1)OCCO2)c1nc(-c2ccc(F)cc2)no1. The van der Waals surface area contributed by atoms with Gasteiger partial charge in [-0.2, -0.15) is 4.98 Å². The van der Waals surface area contributed by atoms with Crippen LogP contribution in [-0.2, 0) is 0 Å². The molecule has 1 aliphatic heterocycles. The molecule has 1 amide bonds. The summed E-state index contributed by atoms with van der Waals surface area (Å²) in [5.74, 6) is 1.08. The highest BCUT2D eigenvalue weighted by Gasteiger charge is 2.20. The Morgan fingerprint density at radius 2 is 1.85 bits per heavy atom. The summed E-state index contributed by atoms with van der Waals surface area (Å²) in [4.78, 5) is 16.8. The fourth-order valence-electron chi connectivity index (χ4n) is 2.65. The Morgan fingerprint density at radius 1 is 1.11 bits per heavy atom. The van der Waals surface area contributed by atoms with Crippen LogP contribution >= 0.6 is 0 Å². The summed E-state index contributed by atoms with van der Waals surface area (Å²) >= 11 is 0. The van der Waals surface area contributed by atoms with Crippen molar-refractivity contribution in [2.45, 2.75) is 13.0 Å². The quantitative estimate of drug-likeness (QED) is 0.760. The maximum Gasteiger partial charge on any atom is 0.252 e. The molecule has 0 spiro atoms. The van der Waals surface area contributed by atoms with Crippen molar-refractivity contribution in [1.29, 1.82) is 0 Å². The second kappa shape index (κ2) is 7.06. The minimum atomic E-state index is -0.507. The third-order valence-corrected chi connectivity index (χ3v) is 4.07. The average molecular weight is 369 g/mol. The highest BCUT2D eigenvalue weighted by molar-refractivity contribution is 5.95. The summed E-state index contributed by atoms with van der Waals surface area (Å²) in [7, 11) is 0. The molecule has 0 bridgehead atoms. The van der Waals surface area contributed by atoms with Crippen molar-refractivity contribution in [1.82, 2.24) is 15.5 Å². The van der Waals surface area contributed by atoms with E-state index in [1.54, 1.807) is 37.3 Å². The standard InChI is InChI=1S/C19H16FN3O4/c1-11(19-22-17(23-27-19)12-2-5-14(20)6-3-12)21-18(24)13-4-7-15-16(10-13)26-9-8-25-15/h2-7,10-11H,8-9H2,1H3,(H,21,24)/t11-/m1/s1. The van der Waals surface area contributed by atoms with Gasteiger partial charge in [0.05, 0.1) is 0 Å². The largest absolute Gasteiger partial charge is 0.486 e. The van der Waals surface area contributed by atoms with Crippen molar-refractivity contribution in [3.63, 3.8) is 0 Å². The minimum absolute atomic E-state index is 0.250. The molecule has 0 saturated carbocycles. The molecule has 1 N–H and O–H groups in total. The van der Waals surface area contributed by atoms with Crippen LogP contribution in [0.5, 0.6) is 11.5 Å². The van der Waals surface area contributed by atoms with E-state index in [9.17, 15) is 9.18 Å². The van der Waals surface area contributed by atoms with Gasteiger partial charge in [-0.05, 0) is 49.4 Å². The molecule has 138 valence electrons. The second-order valence-electron chi connectivity index (χ2n) is 6.02. The molecule has 2 aromatic carbocycles. The van der Waals surface area contributed by atoms with E-state index in [1.165, 1.54) is 12.1 Å². The number of aromatic nitrogens is 2. The Morgan fingerprint density at radius 3 is 2.63 bits per heavy atom. The van der Waals surface area contributed by atoms with E-state index in [4.69, 9.17) is 14.0 Å². The monoisotopic (exact) mass is 369 g/mol. The Labute approximate surface area is 154 Å². The third-order valence-electron chi connectivity index (χ3n) is 4.07. The van der Waals surface area contributed by atoms with Gasteiger partial charge in [0.25, 0.3) is 5.91 Å². The van der Waals surface area contributed by atoms with Crippen LogP contribution in [0.15, 0.2) is 47.0 Å². The van der Waals surface area contributed by atoms with Gasteiger partial charge in [-0.1, -0.05) is 5.16 Å². The molecule has 1 atom stereocenters. The topological polar surface area (TPSA) is 86.5 Å². The van der Waals surface area contributed by atoms with Crippen LogP contribution in [-0.4, -0.2) is 29.3 Å². The van der Waals surface area contributed by atoms with Crippen molar-refractivity contribution < 1.29 is 23.2 Å². The lowest BCUT2D eigenvalue weighted by molar-refractivity contribution is 0.0931. The number of nitrogens with zero attached hydrogens (tertiary/aromatic N) is 2. The van der Waals surface area contributed by atoms with E-state index in [2.05, 4.69) is 15.5 Å². The fraction of sp³-hybridized carbons (Fsp3) is 0.211. The zero-order valence-corrected chi connectivity index (χ0v) is 14.4. The van der Waals surface area contributed by atoms with Crippen LogP contribution < -0.4 is 14.8 Å². The van der Waals surface area contributed by atoms with E-state index >= 15 is 0 Å². The third kappa shape index (κ3) is 3.59. The molecule has 8 heteroatoms. The molecular weight excluding hydrogens is 353 g/mol. The Kier molecular flexibility index (Phi) is 4.45. The van der Waals surface area contributed by atoms with Crippen molar-refractivity contribution in [2.75, 3.05) is 13.2 Å². The van der Waals surface area contributed by atoms with E-state index in [1.807, 2.05) is 0 Å². The van der Waals surface area contributed by atoms with Crippen molar-refractivity contribution in [3.8, 4) is 22.9 Å². The maximum absolute atomic E-state index is 13.0. The molecule has 3 aromatic rings. The first-order valence-corrected chi connectivity index (χ1v) is 8.40. The zero-order valence-electron chi connectivity index (χ0n) is 14.4. The van der Waals surface area contributed by atoms with E-state index < -0.39 is 6.04 Å². The molecule has 0 radical (unpaired) electrons. The molecule has 0 fully saturated rings. The molecular formula is C19H16FN3O4. The van der Waals surface area contributed by atoms with Gasteiger partial charge in [-0.3, -0.25) is 4.79 Å². The molecule has 1 aliphatic rings. The molecule has 27 heavy (non-hydrogen) atoms. The number of rotatable bonds is 4. The predicted molar refractivity (Wildman–Crippen MR) is 93.0 cm³/mol. The van der Waals surface area contributed by atoms with Crippen LogP contribution in [0.4, 0.5) is 4.39 Å². The number of hydrogen-bond donors (Lipinski definition) is 1. The highest BCUT2D eigenvalue weighted by Crippen LogP contribution is 2.31. The lowest BCUT2D eigenvalue weighted by Gasteiger charge is -2.19. The first-order chi connectivity index (χ1) is 13.1. The van der Waals surface area contributed by atoms with Gasteiger partial charge in [0.15, 0.2) is 11.5 Å². The normalized spacial score (nSPS) is 13.9. The van der Waals surface area contributed by atoms with Crippen molar-refractivity contribution >= 4 is 5.91 Å². The molecule has 7 nitrogen and oxygen atoms in total. The van der Waals surface area contributed by atoms with Crippen LogP contribution in [0.1, 0.15) is 29.2 Å². The van der Waals surface area contributed by atoms with Crippen molar-refractivity contribution in [3.05, 3.63) is 59.7 Å². The minimum Gasteiger partial charge on any atom is -0.486 e. The number of benzene rings is 2. The van der Waals surface area contributed by atoms with Crippen LogP contribution in [0.3, 0.4) is 0 Å². The lowest BCUT2D eigenvalue weighted by Crippen LogP contribution is -2.27. The predicted octanol–water partition coefficient (Wildman–Crippen LogP) is 3.14. The van der Waals surface area contributed by atoms with Gasteiger partial charge in [-0.25, -0.2) is 4.39 Å². The molecule has 1 aromatic heterocycles. The van der Waals surface area contributed by atoms with Gasteiger partial charge in [0.2, 0.25) is 11.7 Å². The number of nitrogens with one attached hydrogen (secondary N) is 1. The number of halogens is 1. The van der Waals surface area contributed by atoms with Crippen molar-refractivity contribution in [2.24, 2.45) is 0 Å². The number of carbonyl (C=O) groups excluding carboxylic acids is 1. The smallest absolute Gasteiger partial charge is 0.252 e. The van der Waals surface area contributed by atoms with Gasteiger partial charge in [0, 0.05) is 11.1 Å². The van der Waals surface area contributed by atoms with Crippen LogP contribution in [0.2, 0.25) is 0 Å². The van der Waals surface area contributed by atoms with Gasteiger partial charge in [0.1, 0.15) is 25.1 Å². The Balaban J connectivity index is 1.46. The number of hydrogen-bond acceptors (Lipinski definition) is 6. The van der Waals surface area contributed by atoms with E-state index in [0.29, 0.717) is 41.7 Å². The average Bonchev–Trinajstić information content (AvgIpc) is 3.18. The fourth-order valence-corrected chi connectivity index (χ4v) is 2.65. The first-order valence-electron chi connectivity index (χ1n) is 8.40. The summed E-state index contributed by atoms with van der Waals surface area (Å²) in [6, 6.07) is 10.2. The highest BCUT2D eigenvalue weighted by atomic mass is 19.1. The van der Waals surface area contributed by atoms with Gasteiger partial charge in [-0.15, -0.1) is 0 Å². The molecule has 0 saturated heterocycles. The van der Waals surface area contributed by atoms with E-state index in [0.717, 1.165) is 0 Å². The Hall–Kier alpha value is -3.42. The van der Waals surface area contributed by atoms with E-state index in [-0.39, 0.29) is 17.6 Å². The number of amides is 1. The zero-order chi connectivity index (χ0) is 18.8. The summed E-state index contributed by atoms with van der Waals surface area (Å²) < 4.78 is 29.2. The van der Waals surface area contributed by atoms with Crippen LogP contribution in [0.25, 0.3) is 11.4 Å².